The van der Waals surface area contributed by atoms with Crippen molar-refractivity contribution in [3.05, 3.63) is 46.4 Å². The van der Waals surface area contributed by atoms with Crippen LogP contribution >= 0.6 is 11.3 Å². The molecule has 100 valence electrons. The predicted octanol–water partition coefficient (Wildman–Crippen LogP) is 2.85. The van der Waals surface area contributed by atoms with Crippen LogP contribution in [0.5, 0.6) is 0 Å². The zero-order valence-electron chi connectivity index (χ0n) is 11.1. The Kier molecular flexibility index (Phi) is 4.52. The molecule has 19 heavy (non-hydrogen) atoms. The van der Waals surface area contributed by atoms with Crippen LogP contribution in [0.15, 0.2) is 35.3 Å². The van der Waals surface area contributed by atoms with E-state index in [1.54, 1.807) is 34.7 Å². The van der Waals surface area contributed by atoms with Gasteiger partial charge >= 0.3 is 0 Å². The topological polar surface area (TPSA) is 45.2 Å². The molecular weight excluding hydrogens is 258 g/mol. The number of hydrogen-bond acceptors (Lipinski definition) is 4. The molecule has 0 radical (unpaired) electrons. The molecule has 2 aromatic heterocycles. The van der Waals surface area contributed by atoms with Crippen LogP contribution in [0.2, 0.25) is 0 Å². The van der Waals surface area contributed by atoms with Crippen LogP contribution in [0, 0.1) is 0 Å². The number of nitrogens with zero attached hydrogens (tertiary/aromatic N) is 2. The lowest BCUT2D eigenvalue weighted by atomic mass is 10.2. The number of hydrogen-bond donors (Lipinski definition) is 1. The number of thiophene rings is 1. The van der Waals surface area contributed by atoms with Crippen LogP contribution in [0.1, 0.15) is 22.8 Å². The number of carbonyl (C=O) groups excluding carboxylic acids is 1. The van der Waals surface area contributed by atoms with Gasteiger partial charge in [0.2, 0.25) is 0 Å². The highest BCUT2D eigenvalue weighted by atomic mass is 32.1. The molecule has 0 atom stereocenters. The molecule has 0 aliphatic rings. The molecule has 2 heterocycles. The molecule has 0 aliphatic heterocycles. The van der Waals surface area contributed by atoms with Crippen LogP contribution in [-0.4, -0.2) is 29.4 Å². The van der Waals surface area contributed by atoms with Crippen molar-refractivity contribution in [2.45, 2.75) is 13.5 Å². The summed E-state index contributed by atoms with van der Waals surface area (Å²) in [7, 11) is 1.82. The van der Waals surface area contributed by atoms with E-state index in [2.05, 4.69) is 15.7 Å². The molecule has 0 spiro atoms. The van der Waals surface area contributed by atoms with Crippen molar-refractivity contribution in [1.29, 1.82) is 0 Å². The van der Waals surface area contributed by atoms with Gasteiger partial charge in [-0.15, -0.1) is 0 Å². The first-order chi connectivity index (χ1) is 9.22. The molecule has 0 aliphatic carbocycles. The Labute approximate surface area is 117 Å². The standard InChI is InChI=1S/C14H17N3OS/c1-3-16-13-8-15-6-4-12(13)14(18)17(2)9-11-5-7-19-10-11/h4-8,10,16H,3,9H2,1-2H3. The van der Waals surface area contributed by atoms with E-state index in [0.717, 1.165) is 17.8 Å². The van der Waals surface area contributed by atoms with E-state index in [4.69, 9.17) is 0 Å². The summed E-state index contributed by atoms with van der Waals surface area (Å²) in [5, 5.41) is 7.24. The zero-order valence-corrected chi connectivity index (χ0v) is 11.9. The van der Waals surface area contributed by atoms with Gasteiger partial charge in [-0.05, 0) is 35.4 Å². The average molecular weight is 275 g/mol. The van der Waals surface area contributed by atoms with E-state index in [1.807, 2.05) is 25.4 Å². The van der Waals surface area contributed by atoms with E-state index in [9.17, 15) is 4.79 Å². The lowest BCUT2D eigenvalue weighted by Gasteiger charge is -2.18. The van der Waals surface area contributed by atoms with Crippen molar-refractivity contribution < 1.29 is 4.79 Å². The molecule has 5 heteroatoms. The third-order valence-corrected chi connectivity index (χ3v) is 3.50. The smallest absolute Gasteiger partial charge is 0.256 e. The first kappa shape index (κ1) is 13.5. The van der Waals surface area contributed by atoms with Crippen molar-refractivity contribution in [1.82, 2.24) is 9.88 Å². The highest BCUT2D eigenvalue weighted by Crippen LogP contribution is 2.17. The molecule has 0 fully saturated rings. The molecule has 1 N–H and O–H groups in total. The van der Waals surface area contributed by atoms with Crippen LogP contribution in [0.25, 0.3) is 0 Å². The maximum atomic E-state index is 12.4. The van der Waals surface area contributed by atoms with Gasteiger partial charge in [-0.3, -0.25) is 9.78 Å². The zero-order chi connectivity index (χ0) is 13.7. The van der Waals surface area contributed by atoms with Gasteiger partial charge in [0, 0.05) is 26.3 Å². The van der Waals surface area contributed by atoms with Gasteiger partial charge in [0.05, 0.1) is 17.4 Å². The Balaban J connectivity index is 2.14. The van der Waals surface area contributed by atoms with Crippen LogP contribution in [0.4, 0.5) is 5.69 Å². The van der Waals surface area contributed by atoms with E-state index < -0.39 is 0 Å². The summed E-state index contributed by atoms with van der Waals surface area (Å²) in [5.74, 6) is 0.00421. The fourth-order valence-electron chi connectivity index (χ4n) is 1.85. The lowest BCUT2D eigenvalue weighted by molar-refractivity contribution is 0.0786. The molecule has 2 rings (SSSR count). The summed E-state index contributed by atoms with van der Waals surface area (Å²) in [4.78, 5) is 18.2. The maximum Gasteiger partial charge on any atom is 0.256 e. The summed E-state index contributed by atoms with van der Waals surface area (Å²) >= 11 is 1.64. The minimum absolute atomic E-state index is 0.00421. The van der Waals surface area contributed by atoms with E-state index in [1.165, 1.54) is 0 Å². The summed E-state index contributed by atoms with van der Waals surface area (Å²) in [6, 6.07) is 3.79. The third-order valence-electron chi connectivity index (χ3n) is 2.77. The Morgan fingerprint density at radius 1 is 1.47 bits per heavy atom. The van der Waals surface area contributed by atoms with Gasteiger partial charge < -0.3 is 10.2 Å². The molecule has 2 aromatic rings. The molecule has 0 unspecified atom stereocenters. The second-order valence-electron chi connectivity index (χ2n) is 4.24. The van der Waals surface area contributed by atoms with Crippen LogP contribution < -0.4 is 5.32 Å². The highest BCUT2D eigenvalue weighted by Gasteiger charge is 2.15. The second kappa shape index (κ2) is 6.33. The van der Waals surface area contributed by atoms with Crippen molar-refractivity contribution in [3.63, 3.8) is 0 Å². The van der Waals surface area contributed by atoms with Gasteiger partial charge in [0.1, 0.15) is 0 Å². The summed E-state index contributed by atoms with van der Waals surface area (Å²) in [5.41, 5.74) is 2.60. The Morgan fingerprint density at radius 3 is 3.00 bits per heavy atom. The maximum absolute atomic E-state index is 12.4. The monoisotopic (exact) mass is 275 g/mol. The van der Waals surface area contributed by atoms with Gasteiger partial charge in [-0.25, -0.2) is 0 Å². The third kappa shape index (κ3) is 3.32. The van der Waals surface area contributed by atoms with Crippen LogP contribution in [-0.2, 0) is 6.54 Å². The lowest BCUT2D eigenvalue weighted by Crippen LogP contribution is -2.27. The average Bonchev–Trinajstić information content (AvgIpc) is 2.92. The fourth-order valence-corrected chi connectivity index (χ4v) is 2.51. The molecule has 0 saturated carbocycles. The first-order valence-corrected chi connectivity index (χ1v) is 7.11. The van der Waals surface area contributed by atoms with Gasteiger partial charge in [0.25, 0.3) is 5.91 Å². The largest absolute Gasteiger partial charge is 0.383 e. The minimum atomic E-state index is 0.00421. The highest BCUT2D eigenvalue weighted by molar-refractivity contribution is 7.07. The SMILES string of the molecule is CCNc1cnccc1C(=O)N(C)Cc1ccsc1. The van der Waals surface area contributed by atoms with E-state index in [-0.39, 0.29) is 5.91 Å². The summed E-state index contributed by atoms with van der Waals surface area (Å²) in [6.45, 7) is 3.38. The molecule has 0 aromatic carbocycles. The normalized spacial score (nSPS) is 10.2. The molecule has 0 saturated heterocycles. The van der Waals surface area contributed by atoms with Crippen LogP contribution in [0.3, 0.4) is 0 Å². The Hall–Kier alpha value is -1.88. The minimum Gasteiger partial charge on any atom is -0.383 e. The summed E-state index contributed by atoms with van der Waals surface area (Å²) in [6.07, 6.45) is 3.33. The van der Waals surface area contributed by atoms with Crippen molar-refractivity contribution in [2.24, 2.45) is 0 Å². The number of rotatable bonds is 5. The van der Waals surface area contributed by atoms with Gasteiger partial charge in [-0.1, -0.05) is 0 Å². The fraction of sp³-hybridized carbons (Fsp3) is 0.286. The van der Waals surface area contributed by atoms with Gasteiger partial charge in [0.15, 0.2) is 0 Å². The number of nitrogens with one attached hydrogen (secondary N) is 1. The first-order valence-electron chi connectivity index (χ1n) is 6.16. The summed E-state index contributed by atoms with van der Waals surface area (Å²) < 4.78 is 0. The predicted molar refractivity (Wildman–Crippen MR) is 78.5 cm³/mol. The Morgan fingerprint density at radius 2 is 2.32 bits per heavy atom. The second-order valence-corrected chi connectivity index (χ2v) is 5.02. The number of carbonyl (C=O) groups is 1. The van der Waals surface area contributed by atoms with Gasteiger partial charge in [-0.2, -0.15) is 11.3 Å². The quantitative estimate of drug-likeness (QED) is 0.912. The van der Waals surface area contributed by atoms with Crippen molar-refractivity contribution in [3.8, 4) is 0 Å². The number of aromatic nitrogens is 1. The number of anilines is 1. The van der Waals surface area contributed by atoms with E-state index in [0.29, 0.717) is 12.1 Å². The molecule has 0 bridgehead atoms. The van der Waals surface area contributed by atoms with Crippen molar-refractivity contribution in [2.75, 3.05) is 18.9 Å². The Bertz CT molecular complexity index is 539. The molecule has 1 amide bonds. The number of pyridine rings is 1. The molecule has 4 nitrogen and oxygen atoms in total. The van der Waals surface area contributed by atoms with Crippen molar-refractivity contribution >= 4 is 22.9 Å². The van der Waals surface area contributed by atoms with E-state index >= 15 is 0 Å². The number of amides is 1. The molecular formula is C14H17N3OS.